The first-order valence-electron chi connectivity index (χ1n) is 8.86. The molecule has 0 aromatic heterocycles. The number of likely N-dealkylation sites (tertiary alicyclic amines) is 1. The predicted molar refractivity (Wildman–Crippen MR) is 98.0 cm³/mol. The van der Waals surface area contributed by atoms with Crippen LogP contribution in [0.25, 0.3) is 0 Å². The van der Waals surface area contributed by atoms with Crippen LogP contribution in [-0.2, 0) is 4.74 Å². The molecule has 0 aliphatic carbocycles. The lowest BCUT2D eigenvalue weighted by Gasteiger charge is -2.32. The van der Waals surface area contributed by atoms with E-state index < -0.39 is 24.0 Å². The minimum absolute atomic E-state index is 0.0111. The fourth-order valence-corrected chi connectivity index (χ4v) is 3.33. The molecule has 1 heterocycles. The van der Waals surface area contributed by atoms with Crippen molar-refractivity contribution in [3.8, 4) is 5.75 Å². The van der Waals surface area contributed by atoms with Crippen LogP contribution in [0.2, 0.25) is 5.02 Å². The molecule has 0 spiro atoms. The molecule has 3 nitrogen and oxygen atoms in total. The fraction of sp³-hybridized carbons (Fsp3) is 0.400. The van der Waals surface area contributed by atoms with Gasteiger partial charge in [-0.25, -0.2) is 4.39 Å². The van der Waals surface area contributed by atoms with Crippen LogP contribution in [0.4, 0.5) is 17.6 Å². The summed E-state index contributed by atoms with van der Waals surface area (Å²) in [6.45, 7) is 1.66. The molecule has 1 aliphatic rings. The summed E-state index contributed by atoms with van der Waals surface area (Å²) in [4.78, 5) is 2.16. The van der Waals surface area contributed by atoms with Gasteiger partial charge in [0.1, 0.15) is 17.7 Å². The number of rotatable bonds is 5. The average Bonchev–Trinajstić information content (AvgIpc) is 2.63. The molecule has 2 aromatic rings. The quantitative estimate of drug-likeness (QED) is 0.593. The molecule has 1 atom stereocenters. The van der Waals surface area contributed by atoms with Crippen LogP contribution in [0.1, 0.15) is 30.1 Å². The van der Waals surface area contributed by atoms with Gasteiger partial charge in [-0.2, -0.15) is 0 Å². The maximum absolute atomic E-state index is 14.6. The summed E-state index contributed by atoms with van der Waals surface area (Å²) >= 11 is 5.93. The fourth-order valence-electron chi connectivity index (χ4n) is 3.20. The second-order valence-electron chi connectivity index (χ2n) is 6.80. The molecule has 2 aromatic carbocycles. The highest BCUT2D eigenvalue weighted by Gasteiger charge is 2.32. The summed E-state index contributed by atoms with van der Waals surface area (Å²) < 4.78 is 62.5. The van der Waals surface area contributed by atoms with Crippen molar-refractivity contribution in [3.63, 3.8) is 0 Å². The zero-order valence-corrected chi connectivity index (χ0v) is 15.9. The van der Waals surface area contributed by atoms with Gasteiger partial charge in [-0.3, -0.25) is 0 Å². The van der Waals surface area contributed by atoms with Gasteiger partial charge in [-0.05, 0) is 55.8 Å². The third-order valence-electron chi connectivity index (χ3n) is 4.65. The molecule has 1 aliphatic heterocycles. The number of hydrogen-bond acceptors (Lipinski definition) is 3. The van der Waals surface area contributed by atoms with E-state index in [0.29, 0.717) is 10.6 Å². The first-order valence-corrected chi connectivity index (χ1v) is 9.24. The Hall–Kier alpha value is -1.83. The molecule has 152 valence electrons. The number of alkyl halides is 3. The van der Waals surface area contributed by atoms with E-state index >= 15 is 0 Å². The smallest absolute Gasteiger partial charge is 0.406 e. The van der Waals surface area contributed by atoms with Crippen molar-refractivity contribution in [3.05, 3.63) is 64.4 Å². The lowest BCUT2D eigenvalue weighted by molar-refractivity contribution is -0.274. The van der Waals surface area contributed by atoms with Crippen molar-refractivity contribution in [1.82, 2.24) is 4.90 Å². The zero-order chi connectivity index (χ0) is 20.3. The van der Waals surface area contributed by atoms with E-state index in [1.807, 2.05) is 7.05 Å². The van der Waals surface area contributed by atoms with E-state index in [2.05, 4.69) is 9.64 Å². The highest BCUT2D eigenvalue weighted by atomic mass is 35.5. The summed E-state index contributed by atoms with van der Waals surface area (Å²) in [5, 5.41) is 0.497. The molecule has 1 unspecified atom stereocenters. The molecule has 28 heavy (non-hydrogen) atoms. The van der Waals surface area contributed by atoms with Crippen LogP contribution < -0.4 is 4.74 Å². The molecule has 0 radical (unpaired) electrons. The molecule has 0 N–H and O–H groups in total. The maximum atomic E-state index is 14.6. The minimum atomic E-state index is -4.86. The Morgan fingerprint density at radius 3 is 2.32 bits per heavy atom. The molecular formula is C20H20ClF4NO2. The molecule has 3 rings (SSSR count). The summed E-state index contributed by atoms with van der Waals surface area (Å²) in [6, 6.07) is 9.57. The van der Waals surface area contributed by atoms with E-state index in [9.17, 15) is 17.6 Å². The lowest BCUT2D eigenvalue weighted by Crippen LogP contribution is -2.35. The Labute approximate surface area is 165 Å². The van der Waals surface area contributed by atoms with Gasteiger partial charge >= 0.3 is 6.36 Å². The van der Waals surface area contributed by atoms with Gasteiger partial charge in [0.05, 0.1) is 6.10 Å². The van der Waals surface area contributed by atoms with E-state index in [-0.39, 0.29) is 11.7 Å². The Balaban J connectivity index is 1.93. The van der Waals surface area contributed by atoms with E-state index in [1.165, 1.54) is 0 Å². The third-order valence-corrected chi connectivity index (χ3v) is 4.90. The molecule has 0 amide bonds. The van der Waals surface area contributed by atoms with Crippen molar-refractivity contribution in [2.45, 2.75) is 31.4 Å². The second-order valence-corrected chi connectivity index (χ2v) is 7.24. The normalized spacial score (nSPS) is 17.5. The molecule has 1 saturated heterocycles. The van der Waals surface area contributed by atoms with Gasteiger partial charge in [0.15, 0.2) is 0 Å². The lowest BCUT2D eigenvalue weighted by atomic mass is 9.99. The molecule has 8 heteroatoms. The van der Waals surface area contributed by atoms with Crippen molar-refractivity contribution >= 4 is 11.6 Å². The van der Waals surface area contributed by atoms with E-state index in [1.54, 1.807) is 24.3 Å². The van der Waals surface area contributed by atoms with Crippen LogP contribution in [-0.4, -0.2) is 37.5 Å². The average molecular weight is 418 g/mol. The van der Waals surface area contributed by atoms with Gasteiger partial charge in [-0.1, -0.05) is 23.7 Å². The summed E-state index contributed by atoms with van der Waals surface area (Å²) in [6.07, 6.45) is -4.37. The number of nitrogens with zero attached hydrogens (tertiary/aromatic N) is 1. The van der Waals surface area contributed by atoms with Crippen molar-refractivity contribution < 1.29 is 27.0 Å². The largest absolute Gasteiger partial charge is 0.573 e. The summed E-state index contributed by atoms with van der Waals surface area (Å²) in [5.74, 6) is -1.16. The SMILES string of the molecule is CN1CCC(OC(c2ccc(Cl)cc2)c2cc(OC(F)(F)F)ccc2F)CC1. The topological polar surface area (TPSA) is 21.7 Å². The van der Waals surface area contributed by atoms with Crippen molar-refractivity contribution in [2.24, 2.45) is 0 Å². The first kappa shape index (κ1) is 20.9. The second kappa shape index (κ2) is 8.68. The number of hydrogen-bond donors (Lipinski definition) is 0. The van der Waals surface area contributed by atoms with Gasteiger partial charge in [0.2, 0.25) is 0 Å². The maximum Gasteiger partial charge on any atom is 0.573 e. The molecular weight excluding hydrogens is 398 g/mol. The van der Waals surface area contributed by atoms with E-state index in [0.717, 1.165) is 44.1 Å². The molecule has 1 fully saturated rings. The number of piperidine rings is 1. The predicted octanol–water partition coefficient (Wildman–Crippen LogP) is 5.58. The van der Waals surface area contributed by atoms with Crippen LogP contribution in [0.3, 0.4) is 0 Å². The Bertz CT molecular complexity index is 790. The highest BCUT2D eigenvalue weighted by molar-refractivity contribution is 6.30. The monoisotopic (exact) mass is 417 g/mol. The summed E-state index contributed by atoms with van der Waals surface area (Å²) in [7, 11) is 2.00. The van der Waals surface area contributed by atoms with Crippen LogP contribution >= 0.6 is 11.6 Å². The molecule has 0 bridgehead atoms. The van der Waals surface area contributed by atoms with Gasteiger partial charge in [-0.15, -0.1) is 13.2 Å². The van der Waals surface area contributed by atoms with E-state index in [4.69, 9.17) is 16.3 Å². The van der Waals surface area contributed by atoms with Crippen LogP contribution in [0, 0.1) is 5.82 Å². The Morgan fingerprint density at radius 2 is 1.71 bits per heavy atom. The molecule has 0 saturated carbocycles. The minimum Gasteiger partial charge on any atom is -0.406 e. The van der Waals surface area contributed by atoms with Crippen molar-refractivity contribution in [2.75, 3.05) is 20.1 Å². The number of ether oxygens (including phenoxy) is 2. The van der Waals surface area contributed by atoms with Crippen LogP contribution in [0.15, 0.2) is 42.5 Å². The van der Waals surface area contributed by atoms with Crippen LogP contribution in [0.5, 0.6) is 5.75 Å². The summed E-state index contributed by atoms with van der Waals surface area (Å²) in [5.41, 5.74) is 0.592. The number of halogens is 5. The highest BCUT2D eigenvalue weighted by Crippen LogP contribution is 2.35. The van der Waals surface area contributed by atoms with Gasteiger partial charge < -0.3 is 14.4 Å². The van der Waals surface area contributed by atoms with Gasteiger partial charge in [0, 0.05) is 23.7 Å². The first-order chi connectivity index (χ1) is 13.2. The number of benzene rings is 2. The Kier molecular flexibility index (Phi) is 6.47. The van der Waals surface area contributed by atoms with Gasteiger partial charge in [0.25, 0.3) is 0 Å². The third kappa shape index (κ3) is 5.59. The van der Waals surface area contributed by atoms with Crippen molar-refractivity contribution in [1.29, 1.82) is 0 Å². The standard InChI is InChI=1S/C20H20ClF4NO2/c1-26-10-8-15(9-11-26)27-19(13-2-4-14(21)5-3-13)17-12-16(6-7-18(17)22)28-20(23,24)25/h2-7,12,15,19H,8-11H2,1H3. The zero-order valence-electron chi connectivity index (χ0n) is 15.2. The Morgan fingerprint density at radius 1 is 1.07 bits per heavy atom.